The molecule has 114 valence electrons. The van der Waals surface area contributed by atoms with Gasteiger partial charge in [0.2, 0.25) is 10.0 Å². The molecule has 0 amide bonds. The summed E-state index contributed by atoms with van der Waals surface area (Å²) in [4.78, 5) is 4.39. The van der Waals surface area contributed by atoms with Gasteiger partial charge in [0.05, 0.1) is 9.90 Å². The van der Waals surface area contributed by atoms with E-state index in [2.05, 4.69) is 25.6 Å². The van der Waals surface area contributed by atoms with Crippen LogP contribution < -0.4 is 10.5 Å². The van der Waals surface area contributed by atoms with E-state index in [-0.39, 0.29) is 10.8 Å². The molecule has 5 nitrogen and oxygen atoms in total. The van der Waals surface area contributed by atoms with E-state index in [0.29, 0.717) is 22.3 Å². The minimum atomic E-state index is -3.61. The summed E-state index contributed by atoms with van der Waals surface area (Å²) in [6.45, 7) is 3.92. The zero-order valence-corrected chi connectivity index (χ0v) is 14.8. The highest BCUT2D eigenvalue weighted by molar-refractivity contribution is 9.10. The number of sulfonamides is 1. The third kappa shape index (κ3) is 3.82. The number of aromatic nitrogens is 1. The molecule has 0 spiro atoms. The van der Waals surface area contributed by atoms with E-state index in [1.807, 2.05) is 12.3 Å². The maximum atomic E-state index is 12.4. The van der Waals surface area contributed by atoms with Crippen LogP contribution in [0.4, 0.5) is 5.69 Å². The van der Waals surface area contributed by atoms with Crippen LogP contribution >= 0.6 is 27.3 Å². The molecule has 0 aliphatic rings. The molecule has 1 heterocycles. The zero-order chi connectivity index (χ0) is 15.6. The zero-order valence-electron chi connectivity index (χ0n) is 11.6. The number of rotatable bonds is 5. The molecular weight excluding hydrogens is 374 g/mol. The molecule has 0 fully saturated rings. The standard InChI is InChI=1S/C13H16BrN3O2S2/c1-8(13-16-3-4-20-13)7-17-21(18,19)12-6-10(14)5-11(15)9(12)2/h3-6,8,17H,7,15H2,1-2H3. The Morgan fingerprint density at radius 3 is 2.81 bits per heavy atom. The first-order valence-electron chi connectivity index (χ1n) is 6.26. The van der Waals surface area contributed by atoms with E-state index in [1.54, 1.807) is 25.3 Å². The van der Waals surface area contributed by atoms with Crippen molar-refractivity contribution in [3.8, 4) is 0 Å². The van der Waals surface area contributed by atoms with Gasteiger partial charge in [0.1, 0.15) is 0 Å². The van der Waals surface area contributed by atoms with Gasteiger partial charge in [-0.25, -0.2) is 18.1 Å². The Balaban J connectivity index is 2.19. The third-order valence-corrected chi connectivity index (χ3v) is 6.12. The molecule has 1 aromatic carbocycles. The fraction of sp³-hybridized carbons (Fsp3) is 0.308. The SMILES string of the molecule is Cc1c(N)cc(Br)cc1S(=O)(=O)NCC(C)c1nccs1. The molecule has 8 heteroatoms. The Bertz CT molecular complexity index is 730. The van der Waals surface area contributed by atoms with Gasteiger partial charge in [-0.05, 0) is 24.6 Å². The van der Waals surface area contributed by atoms with Crippen LogP contribution in [0.25, 0.3) is 0 Å². The van der Waals surface area contributed by atoms with Crippen LogP contribution in [0.1, 0.15) is 23.4 Å². The van der Waals surface area contributed by atoms with Gasteiger partial charge in [-0.2, -0.15) is 0 Å². The average Bonchev–Trinajstić information content (AvgIpc) is 2.94. The van der Waals surface area contributed by atoms with Gasteiger partial charge in [0.15, 0.2) is 0 Å². The van der Waals surface area contributed by atoms with Gasteiger partial charge in [-0.3, -0.25) is 0 Å². The molecule has 0 aliphatic heterocycles. The number of hydrogen-bond acceptors (Lipinski definition) is 5. The number of hydrogen-bond donors (Lipinski definition) is 2. The molecule has 0 saturated carbocycles. The second-order valence-corrected chi connectivity index (χ2v) is 8.32. The normalized spacial score (nSPS) is 13.3. The maximum Gasteiger partial charge on any atom is 0.240 e. The molecule has 1 aromatic heterocycles. The minimum absolute atomic E-state index is 0.0181. The van der Waals surface area contributed by atoms with Crippen LogP contribution in [-0.4, -0.2) is 19.9 Å². The second kappa shape index (κ2) is 6.43. The largest absolute Gasteiger partial charge is 0.398 e. The lowest BCUT2D eigenvalue weighted by molar-refractivity contribution is 0.574. The molecule has 0 radical (unpaired) electrons. The van der Waals surface area contributed by atoms with Crippen LogP contribution in [0.15, 0.2) is 33.1 Å². The summed E-state index contributed by atoms with van der Waals surface area (Å²) in [6.07, 6.45) is 1.71. The molecule has 2 rings (SSSR count). The topological polar surface area (TPSA) is 85.1 Å². The first-order valence-corrected chi connectivity index (χ1v) is 9.41. The van der Waals surface area contributed by atoms with Crippen LogP contribution in [0.3, 0.4) is 0 Å². The number of nitrogens with one attached hydrogen (secondary N) is 1. The molecule has 2 aromatic rings. The molecular formula is C13H16BrN3O2S2. The van der Waals surface area contributed by atoms with Crippen molar-refractivity contribution in [1.82, 2.24) is 9.71 Å². The van der Waals surface area contributed by atoms with Crippen molar-refractivity contribution in [2.75, 3.05) is 12.3 Å². The van der Waals surface area contributed by atoms with Crippen molar-refractivity contribution in [3.63, 3.8) is 0 Å². The lowest BCUT2D eigenvalue weighted by Crippen LogP contribution is -2.28. The number of anilines is 1. The molecule has 1 unspecified atom stereocenters. The predicted molar refractivity (Wildman–Crippen MR) is 89.0 cm³/mol. The maximum absolute atomic E-state index is 12.4. The summed E-state index contributed by atoms with van der Waals surface area (Å²) < 4.78 is 28.1. The number of benzene rings is 1. The number of nitrogen functional groups attached to an aromatic ring is 1. The van der Waals surface area contributed by atoms with Crippen LogP contribution in [0, 0.1) is 6.92 Å². The van der Waals surface area contributed by atoms with Crippen molar-refractivity contribution >= 4 is 43.0 Å². The summed E-state index contributed by atoms with van der Waals surface area (Å²) in [5, 5.41) is 2.78. The highest BCUT2D eigenvalue weighted by atomic mass is 79.9. The smallest absolute Gasteiger partial charge is 0.240 e. The van der Waals surface area contributed by atoms with E-state index in [9.17, 15) is 8.42 Å². The molecule has 21 heavy (non-hydrogen) atoms. The Morgan fingerprint density at radius 2 is 2.19 bits per heavy atom. The summed E-state index contributed by atoms with van der Waals surface area (Å²) in [6, 6.07) is 3.24. The molecule has 0 saturated heterocycles. The van der Waals surface area contributed by atoms with E-state index >= 15 is 0 Å². The Labute approximate surface area is 136 Å². The molecule has 3 N–H and O–H groups in total. The Morgan fingerprint density at radius 1 is 1.48 bits per heavy atom. The highest BCUT2D eigenvalue weighted by Crippen LogP contribution is 2.26. The summed E-state index contributed by atoms with van der Waals surface area (Å²) in [5.41, 5.74) is 6.81. The lowest BCUT2D eigenvalue weighted by Gasteiger charge is -2.14. The number of nitrogens with two attached hydrogens (primary N) is 1. The number of thiazole rings is 1. The van der Waals surface area contributed by atoms with Crippen molar-refractivity contribution in [2.24, 2.45) is 0 Å². The first-order chi connectivity index (χ1) is 9.81. The van der Waals surface area contributed by atoms with Gasteiger partial charge in [0, 0.05) is 34.2 Å². The summed E-state index contributed by atoms with van der Waals surface area (Å²) in [7, 11) is -3.61. The van der Waals surface area contributed by atoms with Crippen LogP contribution in [-0.2, 0) is 10.0 Å². The molecule has 0 aliphatic carbocycles. The van der Waals surface area contributed by atoms with Crippen molar-refractivity contribution in [2.45, 2.75) is 24.7 Å². The van der Waals surface area contributed by atoms with Gasteiger partial charge < -0.3 is 5.73 Å². The lowest BCUT2D eigenvalue weighted by atomic mass is 10.2. The second-order valence-electron chi connectivity index (χ2n) is 4.74. The van der Waals surface area contributed by atoms with Crippen molar-refractivity contribution in [1.29, 1.82) is 0 Å². The monoisotopic (exact) mass is 389 g/mol. The Hall–Kier alpha value is -0.960. The van der Waals surface area contributed by atoms with Gasteiger partial charge in [-0.1, -0.05) is 22.9 Å². The summed E-state index contributed by atoms with van der Waals surface area (Å²) >= 11 is 4.78. The molecule has 1 atom stereocenters. The first kappa shape index (κ1) is 16.4. The van der Waals surface area contributed by atoms with E-state index in [1.165, 1.54) is 11.3 Å². The summed E-state index contributed by atoms with van der Waals surface area (Å²) in [5.74, 6) is 0.0181. The number of halogens is 1. The highest BCUT2D eigenvalue weighted by Gasteiger charge is 2.20. The van der Waals surface area contributed by atoms with E-state index in [4.69, 9.17) is 5.73 Å². The Kier molecular flexibility index (Phi) is 5.03. The fourth-order valence-electron chi connectivity index (χ4n) is 1.83. The van der Waals surface area contributed by atoms with Gasteiger partial charge in [-0.15, -0.1) is 11.3 Å². The van der Waals surface area contributed by atoms with Crippen LogP contribution in [0.2, 0.25) is 0 Å². The van der Waals surface area contributed by atoms with Gasteiger partial charge >= 0.3 is 0 Å². The fourth-order valence-corrected chi connectivity index (χ4v) is 4.58. The van der Waals surface area contributed by atoms with Crippen molar-refractivity contribution in [3.05, 3.63) is 38.8 Å². The third-order valence-electron chi connectivity index (χ3n) is 3.11. The van der Waals surface area contributed by atoms with Crippen molar-refractivity contribution < 1.29 is 8.42 Å². The van der Waals surface area contributed by atoms with E-state index < -0.39 is 10.0 Å². The number of nitrogens with zero attached hydrogens (tertiary/aromatic N) is 1. The molecule has 0 bridgehead atoms. The minimum Gasteiger partial charge on any atom is -0.398 e. The van der Waals surface area contributed by atoms with Crippen LogP contribution in [0.5, 0.6) is 0 Å². The van der Waals surface area contributed by atoms with E-state index in [0.717, 1.165) is 5.01 Å². The quantitative estimate of drug-likeness (QED) is 0.769. The average molecular weight is 390 g/mol. The predicted octanol–water partition coefficient (Wildman–Crippen LogP) is 2.88. The van der Waals surface area contributed by atoms with Gasteiger partial charge in [0.25, 0.3) is 0 Å².